The number of imidazole rings is 1. The van der Waals surface area contributed by atoms with Gasteiger partial charge in [-0.15, -0.1) is 0 Å². The van der Waals surface area contributed by atoms with E-state index in [4.69, 9.17) is 4.74 Å². The minimum Gasteiger partial charge on any atom is -0.461 e. The molecule has 0 N–H and O–H groups in total. The van der Waals surface area contributed by atoms with Crippen LogP contribution in [-0.2, 0) is 4.74 Å². The van der Waals surface area contributed by atoms with Crippen molar-refractivity contribution in [3.8, 4) is 11.4 Å². The van der Waals surface area contributed by atoms with Crippen LogP contribution >= 0.6 is 0 Å². The Morgan fingerprint density at radius 2 is 1.96 bits per heavy atom. The number of ether oxygens (including phenoxy) is 1. The molecule has 136 valence electrons. The Morgan fingerprint density at radius 1 is 1.15 bits per heavy atom. The monoisotopic (exact) mass is 364 g/mol. The third-order valence-corrected chi connectivity index (χ3v) is 4.20. The average Bonchev–Trinajstić information content (AvgIpc) is 3.02. The van der Waals surface area contributed by atoms with Crippen LogP contribution in [-0.4, -0.2) is 31.9 Å². The highest BCUT2D eigenvalue weighted by atomic mass is 19.1. The van der Waals surface area contributed by atoms with Gasteiger partial charge in [-0.05, 0) is 39.0 Å². The second-order valence-corrected chi connectivity index (χ2v) is 6.33. The number of aryl methyl sites for hydroxylation is 2. The Labute approximate surface area is 154 Å². The predicted octanol–water partition coefficient (Wildman–Crippen LogP) is 3.88. The molecular weight excluding hydrogens is 347 g/mol. The molecule has 1 aromatic carbocycles. The van der Waals surface area contributed by atoms with E-state index in [2.05, 4.69) is 15.0 Å². The summed E-state index contributed by atoms with van der Waals surface area (Å²) in [6, 6.07) is 6.88. The lowest BCUT2D eigenvalue weighted by Crippen LogP contribution is -2.10. The molecule has 3 heterocycles. The van der Waals surface area contributed by atoms with Crippen molar-refractivity contribution in [2.75, 3.05) is 6.61 Å². The summed E-state index contributed by atoms with van der Waals surface area (Å²) in [6.45, 7) is 5.69. The summed E-state index contributed by atoms with van der Waals surface area (Å²) in [5, 5.41) is 0.609. The van der Waals surface area contributed by atoms with Gasteiger partial charge in [-0.25, -0.2) is 24.1 Å². The number of fused-ring (bicyclic) bond motifs is 2. The highest BCUT2D eigenvalue weighted by Crippen LogP contribution is 2.25. The van der Waals surface area contributed by atoms with Gasteiger partial charge in [-0.1, -0.05) is 11.6 Å². The predicted molar refractivity (Wildman–Crippen MR) is 99.1 cm³/mol. The lowest BCUT2D eigenvalue weighted by Gasteiger charge is -2.09. The van der Waals surface area contributed by atoms with Crippen LogP contribution in [0.5, 0.6) is 0 Å². The normalized spacial score (nSPS) is 11.3. The van der Waals surface area contributed by atoms with Crippen molar-refractivity contribution in [1.82, 2.24) is 19.4 Å². The van der Waals surface area contributed by atoms with Gasteiger partial charge in [0.2, 0.25) is 0 Å². The fourth-order valence-electron chi connectivity index (χ4n) is 3.03. The zero-order chi connectivity index (χ0) is 19.1. The molecule has 0 unspecified atom stereocenters. The zero-order valence-electron chi connectivity index (χ0n) is 15.2. The number of carbonyl (C=O) groups excluding carboxylic acids is 1. The number of halogens is 1. The molecule has 0 aliphatic heterocycles. The molecule has 6 nitrogen and oxygen atoms in total. The molecule has 4 aromatic rings. The standard InChI is InChI=1S/C20H17FN4O2/c1-4-27-20(26)17-14-7-11(2)5-6-16(14)23-18(24-17)13-8-15(21)19-22-12(3)9-25(19)10-13/h5-10H,4H2,1-3H3. The molecule has 7 heteroatoms. The molecule has 0 spiro atoms. The van der Waals surface area contributed by atoms with Crippen LogP contribution < -0.4 is 0 Å². The number of hydrogen-bond donors (Lipinski definition) is 0. The van der Waals surface area contributed by atoms with Gasteiger partial charge in [0.1, 0.15) is 0 Å². The summed E-state index contributed by atoms with van der Waals surface area (Å²) in [6.07, 6.45) is 3.42. The van der Waals surface area contributed by atoms with E-state index in [1.807, 2.05) is 25.1 Å². The van der Waals surface area contributed by atoms with E-state index in [-0.39, 0.29) is 23.8 Å². The Morgan fingerprint density at radius 3 is 2.74 bits per heavy atom. The highest BCUT2D eigenvalue weighted by molar-refractivity contribution is 6.02. The fraction of sp³-hybridized carbons (Fsp3) is 0.200. The third-order valence-electron chi connectivity index (χ3n) is 4.20. The van der Waals surface area contributed by atoms with Gasteiger partial charge in [0.15, 0.2) is 23.0 Å². The van der Waals surface area contributed by atoms with Crippen molar-refractivity contribution in [1.29, 1.82) is 0 Å². The number of aromatic nitrogens is 4. The van der Waals surface area contributed by atoms with Gasteiger partial charge in [0.05, 0.1) is 17.8 Å². The van der Waals surface area contributed by atoms with Gasteiger partial charge in [-0.3, -0.25) is 0 Å². The smallest absolute Gasteiger partial charge is 0.357 e. The molecule has 0 aliphatic carbocycles. The van der Waals surface area contributed by atoms with Crippen molar-refractivity contribution in [2.45, 2.75) is 20.8 Å². The lowest BCUT2D eigenvalue weighted by atomic mass is 10.1. The van der Waals surface area contributed by atoms with Crippen LogP contribution in [0.1, 0.15) is 28.7 Å². The van der Waals surface area contributed by atoms with E-state index in [9.17, 15) is 9.18 Å². The van der Waals surface area contributed by atoms with E-state index in [0.717, 1.165) is 5.56 Å². The molecule has 27 heavy (non-hydrogen) atoms. The van der Waals surface area contributed by atoms with Crippen molar-refractivity contribution in [3.05, 3.63) is 59.4 Å². The molecule has 0 aliphatic rings. The highest BCUT2D eigenvalue weighted by Gasteiger charge is 2.18. The maximum Gasteiger partial charge on any atom is 0.357 e. The Balaban J connectivity index is 1.97. The number of nitrogens with zero attached hydrogens (tertiary/aromatic N) is 4. The maximum absolute atomic E-state index is 14.5. The lowest BCUT2D eigenvalue weighted by molar-refractivity contribution is 0.0522. The molecule has 0 atom stereocenters. The molecule has 0 saturated carbocycles. The quantitative estimate of drug-likeness (QED) is 0.516. The first-order chi connectivity index (χ1) is 13.0. The van der Waals surface area contributed by atoms with Gasteiger partial charge >= 0.3 is 5.97 Å². The first kappa shape index (κ1) is 17.1. The molecular formula is C20H17FN4O2. The first-order valence-corrected chi connectivity index (χ1v) is 8.57. The molecule has 4 rings (SSSR count). The van der Waals surface area contributed by atoms with E-state index < -0.39 is 11.8 Å². The number of pyridine rings is 1. The molecule has 0 saturated heterocycles. The van der Waals surface area contributed by atoms with Crippen LogP contribution in [0, 0.1) is 19.7 Å². The van der Waals surface area contributed by atoms with E-state index in [1.54, 1.807) is 30.6 Å². The Bertz CT molecular complexity index is 1200. The summed E-state index contributed by atoms with van der Waals surface area (Å²) in [4.78, 5) is 25.5. The van der Waals surface area contributed by atoms with E-state index >= 15 is 0 Å². The van der Waals surface area contributed by atoms with Crippen LogP contribution in [0.25, 0.3) is 27.9 Å². The largest absolute Gasteiger partial charge is 0.461 e. The SMILES string of the molecule is CCOC(=O)c1nc(-c2cc(F)c3nc(C)cn3c2)nc2ccc(C)cc12. The number of esters is 1. The van der Waals surface area contributed by atoms with E-state index in [1.165, 1.54) is 6.07 Å². The third kappa shape index (κ3) is 3.01. The van der Waals surface area contributed by atoms with Gasteiger partial charge in [-0.2, -0.15) is 0 Å². The van der Waals surface area contributed by atoms with Crippen LogP contribution in [0.2, 0.25) is 0 Å². The van der Waals surface area contributed by atoms with Crippen LogP contribution in [0.4, 0.5) is 4.39 Å². The summed E-state index contributed by atoms with van der Waals surface area (Å²) in [7, 11) is 0. The zero-order valence-corrected chi connectivity index (χ0v) is 15.2. The number of hydrogen-bond acceptors (Lipinski definition) is 5. The fourth-order valence-corrected chi connectivity index (χ4v) is 3.03. The average molecular weight is 364 g/mol. The summed E-state index contributed by atoms with van der Waals surface area (Å²) < 4.78 is 21.2. The summed E-state index contributed by atoms with van der Waals surface area (Å²) >= 11 is 0. The van der Waals surface area contributed by atoms with Gasteiger partial charge < -0.3 is 9.14 Å². The number of carbonyl (C=O) groups is 1. The van der Waals surface area contributed by atoms with E-state index in [0.29, 0.717) is 22.2 Å². The van der Waals surface area contributed by atoms with Crippen molar-refractivity contribution in [2.24, 2.45) is 0 Å². The molecule has 0 bridgehead atoms. The number of benzene rings is 1. The first-order valence-electron chi connectivity index (χ1n) is 8.57. The van der Waals surface area contributed by atoms with Crippen LogP contribution in [0.15, 0.2) is 36.7 Å². The van der Waals surface area contributed by atoms with Crippen LogP contribution in [0.3, 0.4) is 0 Å². The van der Waals surface area contributed by atoms with Crippen molar-refractivity contribution < 1.29 is 13.9 Å². The Kier molecular flexibility index (Phi) is 4.07. The van der Waals surface area contributed by atoms with Crippen molar-refractivity contribution in [3.63, 3.8) is 0 Å². The minimum absolute atomic E-state index is 0.169. The minimum atomic E-state index is -0.531. The molecule has 0 fully saturated rings. The second kappa shape index (κ2) is 6.42. The molecule has 3 aromatic heterocycles. The topological polar surface area (TPSA) is 69.4 Å². The van der Waals surface area contributed by atoms with Gasteiger partial charge in [0.25, 0.3) is 0 Å². The summed E-state index contributed by atoms with van der Waals surface area (Å²) in [5.41, 5.74) is 3.13. The second-order valence-electron chi connectivity index (χ2n) is 6.33. The summed E-state index contributed by atoms with van der Waals surface area (Å²) in [5.74, 6) is -0.760. The van der Waals surface area contributed by atoms with Crippen molar-refractivity contribution >= 4 is 22.5 Å². The van der Waals surface area contributed by atoms with Gasteiger partial charge in [0, 0.05) is 23.3 Å². The maximum atomic E-state index is 14.5. The Hall–Kier alpha value is -3.35. The number of rotatable bonds is 3. The molecule has 0 amide bonds. The molecule has 0 radical (unpaired) electrons.